The summed E-state index contributed by atoms with van der Waals surface area (Å²) >= 11 is 0. The van der Waals surface area contributed by atoms with Gasteiger partial charge in [-0.2, -0.15) is 0 Å². The number of imide groups is 1. The number of primary amides is 1. The molecule has 1 unspecified atom stereocenters. The number of urea groups is 1. The van der Waals surface area contributed by atoms with E-state index in [1.807, 2.05) is 12.2 Å². The van der Waals surface area contributed by atoms with Crippen molar-refractivity contribution in [2.24, 2.45) is 5.73 Å². The molecule has 1 atom stereocenters. The largest absolute Gasteiger partial charge is 0.508 e. The van der Waals surface area contributed by atoms with Gasteiger partial charge >= 0.3 is 6.03 Å². The van der Waals surface area contributed by atoms with Crippen LogP contribution in [-0.4, -0.2) is 17.0 Å². The number of aromatic hydroxyl groups is 1. The molecule has 16 heavy (non-hydrogen) atoms. The first-order valence-electron chi connectivity index (χ1n) is 4.93. The minimum absolute atomic E-state index is 0.133. The zero-order valence-corrected chi connectivity index (χ0v) is 8.93. The predicted octanol–water partition coefficient (Wildman–Crippen LogP) is 1.08. The van der Waals surface area contributed by atoms with E-state index < -0.39 is 17.9 Å². The highest BCUT2D eigenvalue weighted by molar-refractivity contribution is 5.97. The second-order valence-corrected chi connectivity index (χ2v) is 3.41. The minimum atomic E-state index is -0.859. The normalized spacial score (nSPS) is 11.8. The minimum Gasteiger partial charge on any atom is -0.508 e. The molecule has 0 aromatic heterocycles. The van der Waals surface area contributed by atoms with Gasteiger partial charge in [0, 0.05) is 0 Å². The van der Waals surface area contributed by atoms with Gasteiger partial charge in [0.15, 0.2) is 0 Å². The molecule has 4 N–H and O–H groups in total. The molecule has 0 heterocycles. The molecule has 1 rings (SSSR count). The van der Waals surface area contributed by atoms with Gasteiger partial charge in [0.05, 0.1) is 5.92 Å². The Kier molecular flexibility index (Phi) is 3.88. The number of nitrogens with two attached hydrogens (primary N) is 1. The van der Waals surface area contributed by atoms with Gasteiger partial charge in [-0.15, -0.1) is 0 Å². The third kappa shape index (κ3) is 2.98. The van der Waals surface area contributed by atoms with Crippen molar-refractivity contribution in [1.29, 1.82) is 0 Å². The van der Waals surface area contributed by atoms with E-state index in [2.05, 4.69) is 0 Å². The number of phenols is 1. The maximum absolute atomic E-state index is 11.6. The molecule has 1 aromatic rings. The Hall–Kier alpha value is -2.04. The second kappa shape index (κ2) is 5.16. The highest BCUT2D eigenvalue weighted by atomic mass is 16.3. The molecular weight excluding hydrogens is 208 g/mol. The van der Waals surface area contributed by atoms with Crippen LogP contribution in [0, 0.1) is 0 Å². The van der Waals surface area contributed by atoms with Gasteiger partial charge in [-0.25, -0.2) is 4.79 Å². The molecular formula is C11H14N2O3. The Balaban J connectivity index is 2.85. The van der Waals surface area contributed by atoms with Crippen LogP contribution in [0.3, 0.4) is 0 Å². The fourth-order valence-electron chi connectivity index (χ4n) is 1.49. The third-order valence-electron chi connectivity index (χ3n) is 2.27. The first-order valence-corrected chi connectivity index (χ1v) is 4.93. The Labute approximate surface area is 93.3 Å². The van der Waals surface area contributed by atoms with Crippen LogP contribution < -0.4 is 11.1 Å². The smallest absolute Gasteiger partial charge is 0.318 e. The van der Waals surface area contributed by atoms with Crippen LogP contribution in [0.5, 0.6) is 5.75 Å². The number of hydrogen-bond acceptors (Lipinski definition) is 3. The summed E-state index contributed by atoms with van der Waals surface area (Å²) in [6, 6.07) is 5.42. The van der Waals surface area contributed by atoms with Crippen molar-refractivity contribution >= 4 is 11.9 Å². The maximum Gasteiger partial charge on any atom is 0.318 e. The highest BCUT2D eigenvalue weighted by Gasteiger charge is 2.19. The lowest BCUT2D eigenvalue weighted by Crippen LogP contribution is -2.38. The summed E-state index contributed by atoms with van der Waals surface area (Å²) in [5, 5.41) is 11.2. The lowest BCUT2D eigenvalue weighted by atomic mass is 9.95. The summed E-state index contributed by atoms with van der Waals surface area (Å²) in [4.78, 5) is 22.2. The van der Waals surface area contributed by atoms with E-state index in [9.17, 15) is 9.59 Å². The molecule has 3 amide bonds. The number of benzene rings is 1. The highest BCUT2D eigenvalue weighted by Crippen LogP contribution is 2.21. The van der Waals surface area contributed by atoms with Gasteiger partial charge in [0.2, 0.25) is 5.91 Å². The maximum atomic E-state index is 11.6. The fourth-order valence-corrected chi connectivity index (χ4v) is 1.49. The molecule has 0 aliphatic heterocycles. The van der Waals surface area contributed by atoms with Gasteiger partial charge in [-0.1, -0.05) is 19.1 Å². The molecule has 0 bridgehead atoms. The summed E-state index contributed by atoms with van der Waals surface area (Å²) in [7, 11) is 0. The second-order valence-electron chi connectivity index (χ2n) is 3.41. The lowest BCUT2D eigenvalue weighted by Gasteiger charge is -2.13. The molecule has 0 saturated heterocycles. The molecule has 1 aromatic carbocycles. The quantitative estimate of drug-likeness (QED) is 0.714. The van der Waals surface area contributed by atoms with E-state index in [1.165, 1.54) is 12.1 Å². The summed E-state index contributed by atoms with van der Waals surface area (Å²) in [6.07, 6.45) is 0.546. The van der Waals surface area contributed by atoms with E-state index in [0.717, 1.165) is 5.56 Å². The van der Waals surface area contributed by atoms with Crippen LogP contribution in [0.15, 0.2) is 24.3 Å². The number of carbonyl (C=O) groups is 2. The fraction of sp³-hybridized carbons (Fsp3) is 0.273. The van der Waals surface area contributed by atoms with Crippen LogP contribution >= 0.6 is 0 Å². The van der Waals surface area contributed by atoms with Crippen LogP contribution in [0.25, 0.3) is 0 Å². The van der Waals surface area contributed by atoms with E-state index in [4.69, 9.17) is 10.8 Å². The number of carbonyl (C=O) groups excluding carboxylic acids is 2. The van der Waals surface area contributed by atoms with Crippen LogP contribution in [-0.2, 0) is 4.79 Å². The van der Waals surface area contributed by atoms with Gasteiger partial charge in [-0.3, -0.25) is 10.1 Å². The van der Waals surface area contributed by atoms with Gasteiger partial charge < -0.3 is 10.8 Å². The third-order valence-corrected chi connectivity index (χ3v) is 2.27. The van der Waals surface area contributed by atoms with Crippen LogP contribution in [0.2, 0.25) is 0 Å². The summed E-state index contributed by atoms with van der Waals surface area (Å²) in [5.41, 5.74) is 5.61. The number of nitrogens with one attached hydrogen (secondary N) is 1. The van der Waals surface area contributed by atoms with Crippen molar-refractivity contribution in [2.75, 3.05) is 0 Å². The van der Waals surface area contributed by atoms with Crippen molar-refractivity contribution in [3.05, 3.63) is 29.8 Å². The average molecular weight is 222 g/mol. The van der Waals surface area contributed by atoms with Gasteiger partial charge in [-0.05, 0) is 24.1 Å². The van der Waals surface area contributed by atoms with E-state index in [1.54, 1.807) is 12.1 Å². The summed E-state index contributed by atoms with van der Waals surface area (Å²) in [6.45, 7) is 1.83. The molecule has 5 nitrogen and oxygen atoms in total. The molecule has 86 valence electrons. The van der Waals surface area contributed by atoms with Gasteiger partial charge in [0.1, 0.15) is 5.75 Å². The van der Waals surface area contributed by atoms with Crippen molar-refractivity contribution in [3.8, 4) is 5.75 Å². The molecule has 0 radical (unpaired) electrons. The monoisotopic (exact) mass is 222 g/mol. The lowest BCUT2D eigenvalue weighted by molar-refractivity contribution is -0.121. The number of amides is 3. The van der Waals surface area contributed by atoms with Gasteiger partial charge in [0.25, 0.3) is 0 Å². The zero-order valence-electron chi connectivity index (χ0n) is 8.93. The van der Waals surface area contributed by atoms with E-state index in [-0.39, 0.29) is 5.75 Å². The van der Waals surface area contributed by atoms with Crippen LogP contribution in [0.4, 0.5) is 4.79 Å². The van der Waals surface area contributed by atoms with Crippen molar-refractivity contribution in [1.82, 2.24) is 5.32 Å². The Bertz CT molecular complexity index is 387. The molecule has 0 spiro atoms. The van der Waals surface area contributed by atoms with Crippen molar-refractivity contribution in [3.63, 3.8) is 0 Å². The topological polar surface area (TPSA) is 92.4 Å². The number of phenolic OH excluding ortho intramolecular Hbond substituents is 1. The molecule has 0 aliphatic rings. The molecule has 0 saturated carbocycles. The first kappa shape index (κ1) is 12.0. The predicted molar refractivity (Wildman–Crippen MR) is 58.9 cm³/mol. The molecule has 5 heteroatoms. The average Bonchev–Trinajstić information content (AvgIpc) is 2.21. The van der Waals surface area contributed by atoms with E-state index >= 15 is 0 Å². The standard InChI is InChI=1S/C11H14N2O3/c1-2-9(10(15)13-11(12)16)7-3-5-8(14)6-4-7/h3-6,9,14H,2H2,1H3,(H3,12,13,15,16). The Morgan fingerprint density at radius 2 is 1.94 bits per heavy atom. The summed E-state index contributed by atoms with van der Waals surface area (Å²) < 4.78 is 0. The number of rotatable bonds is 3. The zero-order chi connectivity index (χ0) is 12.1. The molecule has 0 fully saturated rings. The van der Waals surface area contributed by atoms with E-state index in [0.29, 0.717) is 6.42 Å². The Morgan fingerprint density at radius 3 is 2.38 bits per heavy atom. The SMILES string of the molecule is CCC(C(=O)NC(N)=O)c1ccc(O)cc1. The first-order chi connectivity index (χ1) is 7.54. The van der Waals surface area contributed by atoms with Crippen molar-refractivity contribution < 1.29 is 14.7 Å². The number of hydrogen-bond donors (Lipinski definition) is 3. The summed E-state index contributed by atoms with van der Waals surface area (Å²) in [5.74, 6) is -0.734. The van der Waals surface area contributed by atoms with Crippen LogP contribution in [0.1, 0.15) is 24.8 Å². The molecule has 0 aliphatic carbocycles. The Morgan fingerprint density at radius 1 is 1.38 bits per heavy atom. The van der Waals surface area contributed by atoms with Crippen molar-refractivity contribution in [2.45, 2.75) is 19.3 Å².